The minimum atomic E-state index is -0.437. The number of hydrogen-bond acceptors (Lipinski definition) is 5. The number of nitrogens with one attached hydrogen (secondary N) is 1. The van der Waals surface area contributed by atoms with Crippen LogP contribution in [-0.2, 0) is 11.2 Å². The summed E-state index contributed by atoms with van der Waals surface area (Å²) in [6, 6.07) is 13.8. The molecule has 6 heteroatoms. The molecule has 0 fully saturated rings. The summed E-state index contributed by atoms with van der Waals surface area (Å²) in [4.78, 5) is 17.1. The summed E-state index contributed by atoms with van der Waals surface area (Å²) >= 11 is 3.45. The highest BCUT2D eigenvalue weighted by Crippen LogP contribution is 2.33. The van der Waals surface area contributed by atoms with Crippen molar-refractivity contribution in [2.24, 2.45) is 0 Å². The first-order valence-electron chi connectivity index (χ1n) is 9.53. The lowest BCUT2D eigenvalue weighted by Gasteiger charge is -2.20. The van der Waals surface area contributed by atoms with Crippen molar-refractivity contribution >= 4 is 38.5 Å². The maximum Gasteiger partial charge on any atom is 0.341 e. The Morgan fingerprint density at radius 2 is 2.00 bits per heavy atom. The molecule has 1 N–H and O–H groups in total. The highest BCUT2D eigenvalue weighted by Gasteiger charge is 2.20. The van der Waals surface area contributed by atoms with Crippen LogP contribution in [0.15, 0.2) is 47.1 Å². The first-order valence-corrected chi connectivity index (χ1v) is 10.3. The number of hydrogen-bond donors (Lipinski definition) is 1. The van der Waals surface area contributed by atoms with Crippen LogP contribution in [0.3, 0.4) is 0 Å². The van der Waals surface area contributed by atoms with Crippen LogP contribution >= 0.6 is 15.9 Å². The summed E-state index contributed by atoms with van der Waals surface area (Å²) < 4.78 is 6.24. The van der Waals surface area contributed by atoms with Crippen molar-refractivity contribution in [1.29, 1.82) is 5.26 Å². The number of aryl methyl sites for hydroxylation is 1. The smallest absolute Gasteiger partial charge is 0.341 e. The third-order valence-electron chi connectivity index (χ3n) is 4.79. The predicted octanol–water partition coefficient (Wildman–Crippen LogP) is 5.78. The number of carbonyl (C=O) groups excluding carboxylic acids is 1. The Bertz CT molecular complexity index is 1090. The second kappa shape index (κ2) is 9.06. The van der Waals surface area contributed by atoms with Crippen LogP contribution in [0.25, 0.3) is 10.9 Å². The molecule has 1 aromatic heterocycles. The number of nitriles is 1. The summed E-state index contributed by atoms with van der Waals surface area (Å²) in [6.07, 6.45) is 2.29. The maximum atomic E-state index is 12.6. The molecule has 0 spiro atoms. The van der Waals surface area contributed by atoms with E-state index in [1.165, 1.54) is 0 Å². The molecule has 5 nitrogen and oxygen atoms in total. The molecule has 148 valence electrons. The number of nitrogens with zero attached hydrogens (tertiary/aromatic N) is 2. The van der Waals surface area contributed by atoms with Crippen LogP contribution < -0.4 is 5.32 Å². The van der Waals surface area contributed by atoms with E-state index in [-0.39, 0.29) is 12.6 Å². The molecule has 3 aromatic rings. The molecule has 0 unspecified atom stereocenters. The van der Waals surface area contributed by atoms with Crippen LogP contribution in [0.1, 0.15) is 53.9 Å². The summed E-state index contributed by atoms with van der Waals surface area (Å²) in [5.41, 5.74) is 4.35. The topological polar surface area (TPSA) is 75.0 Å². The third kappa shape index (κ3) is 4.41. The van der Waals surface area contributed by atoms with E-state index >= 15 is 0 Å². The van der Waals surface area contributed by atoms with Gasteiger partial charge in [-0.1, -0.05) is 35.0 Å². The molecule has 1 atom stereocenters. The lowest BCUT2D eigenvalue weighted by atomic mass is 9.99. The van der Waals surface area contributed by atoms with Gasteiger partial charge in [0.05, 0.1) is 29.4 Å². The van der Waals surface area contributed by atoms with Crippen LogP contribution in [0.2, 0.25) is 0 Å². The summed E-state index contributed by atoms with van der Waals surface area (Å²) in [5, 5.41) is 13.7. The molecule has 0 saturated carbocycles. The summed E-state index contributed by atoms with van der Waals surface area (Å²) in [5.74, 6) is -0.437. The number of esters is 1. The Hall–Kier alpha value is -2.91. The number of benzene rings is 2. The Morgan fingerprint density at radius 1 is 1.28 bits per heavy atom. The van der Waals surface area contributed by atoms with Gasteiger partial charge in [-0.15, -0.1) is 0 Å². The molecule has 3 rings (SSSR count). The van der Waals surface area contributed by atoms with Crippen LogP contribution in [0.5, 0.6) is 0 Å². The molecule has 0 aliphatic carbocycles. The lowest BCUT2D eigenvalue weighted by molar-refractivity contribution is 0.0527. The number of rotatable bonds is 6. The quantitative estimate of drug-likeness (QED) is 0.480. The van der Waals surface area contributed by atoms with E-state index in [1.807, 2.05) is 44.2 Å². The molecule has 1 heterocycles. The van der Waals surface area contributed by atoms with Gasteiger partial charge < -0.3 is 10.1 Å². The molecule has 0 amide bonds. The Kier molecular flexibility index (Phi) is 6.50. The van der Waals surface area contributed by atoms with Gasteiger partial charge in [0.25, 0.3) is 0 Å². The van der Waals surface area contributed by atoms with Gasteiger partial charge in [-0.05, 0) is 55.7 Å². The fourth-order valence-corrected chi connectivity index (χ4v) is 3.55. The molecular formula is C23H22BrN3O2. The third-order valence-corrected chi connectivity index (χ3v) is 5.32. The van der Waals surface area contributed by atoms with E-state index < -0.39 is 5.97 Å². The highest BCUT2D eigenvalue weighted by molar-refractivity contribution is 9.10. The number of aromatic nitrogens is 1. The maximum absolute atomic E-state index is 12.6. The van der Waals surface area contributed by atoms with Gasteiger partial charge in [0.2, 0.25) is 0 Å². The van der Waals surface area contributed by atoms with Gasteiger partial charge in [-0.3, -0.25) is 4.98 Å². The molecule has 2 aromatic carbocycles. The van der Waals surface area contributed by atoms with E-state index in [4.69, 9.17) is 4.74 Å². The van der Waals surface area contributed by atoms with E-state index in [2.05, 4.69) is 32.3 Å². The fourth-order valence-electron chi connectivity index (χ4n) is 3.28. The number of ether oxygens (including phenoxy) is 1. The van der Waals surface area contributed by atoms with Crippen LogP contribution in [-0.4, -0.2) is 17.6 Å². The van der Waals surface area contributed by atoms with E-state index in [0.717, 1.165) is 32.9 Å². The van der Waals surface area contributed by atoms with Crippen molar-refractivity contribution in [2.75, 3.05) is 11.9 Å². The average molecular weight is 452 g/mol. The number of carbonyl (C=O) groups is 1. The predicted molar refractivity (Wildman–Crippen MR) is 118 cm³/mol. The minimum absolute atomic E-state index is 0.0716. The van der Waals surface area contributed by atoms with Crippen molar-refractivity contribution in [2.45, 2.75) is 33.2 Å². The zero-order valence-corrected chi connectivity index (χ0v) is 18.2. The van der Waals surface area contributed by atoms with Gasteiger partial charge in [-0.2, -0.15) is 5.26 Å². The molecule has 0 aliphatic heterocycles. The van der Waals surface area contributed by atoms with Crippen molar-refractivity contribution in [1.82, 2.24) is 4.98 Å². The molecule has 0 radical (unpaired) electrons. The first-order chi connectivity index (χ1) is 14.0. The normalized spacial score (nSPS) is 11.7. The number of anilines is 1. The second-order valence-corrected chi connectivity index (χ2v) is 7.60. The van der Waals surface area contributed by atoms with Gasteiger partial charge in [0.15, 0.2) is 0 Å². The van der Waals surface area contributed by atoms with Crippen LogP contribution in [0, 0.1) is 11.3 Å². The molecular weight excluding hydrogens is 430 g/mol. The van der Waals surface area contributed by atoms with Gasteiger partial charge >= 0.3 is 5.97 Å². The number of halogens is 1. The zero-order chi connectivity index (χ0) is 21.0. The number of pyridine rings is 1. The standard InChI is InChI=1S/C23H22BrN3O2/c1-4-16-10-15(12-25)11-19-21(16)26-13-20(23(28)29-5-2)22(19)27-14(3)17-6-8-18(24)9-7-17/h6-11,13-14H,4-5H2,1-3H3,(H,26,27)/t14-/m0/s1. The molecule has 29 heavy (non-hydrogen) atoms. The lowest BCUT2D eigenvalue weighted by Crippen LogP contribution is -2.14. The van der Waals surface area contributed by atoms with Crippen molar-refractivity contribution in [3.63, 3.8) is 0 Å². The van der Waals surface area contributed by atoms with E-state index in [0.29, 0.717) is 16.8 Å². The fraction of sp³-hybridized carbons (Fsp3) is 0.261. The monoisotopic (exact) mass is 451 g/mol. The van der Waals surface area contributed by atoms with Gasteiger partial charge in [-0.25, -0.2) is 4.79 Å². The second-order valence-electron chi connectivity index (χ2n) is 6.68. The summed E-state index contributed by atoms with van der Waals surface area (Å²) in [6.45, 7) is 6.09. The van der Waals surface area contributed by atoms with Gasteiger partial charge in [0.1, 0.15) is 5.56 Å². The molecule has 0 bridgehead atoms. The van der Waals surface area contributed by atoms with Crippen LogP contribution in [0.4, 0.5) is 5.69 Å². The Morgan fingerprint density at radius 3 is 2.62 bits per heavy atom. The average Bonchev–Trinajstić information content (AvgIpc) is 2.73. The minimum Gasteiger partial charge on any atom is -0.462 e. The van der Waals surface area contributed by atoms with E-state index in [1.54, 1.807) is 19.2 Å². The van der Waals surface area contributed by atoms with Gasteiger partial charge in [0, 0.05) is 22.1 Å². The van der Waals surface area contributed by atoms with E-state index in [9.17, 15) is 10.1 Å². The van der Waals surface area contributed by atoms with Crippen molar-refractivity contribution in [3.05, 3.63) is 69.3 Å². The Balaban J connectivity index is 2.19. The van der Waals surface area contributed by atoms with Crippen molar-refractivity contribution < 1.29 is 9.53 Å². The largest absolute Gasteiger partial charge is 0.462 e. The Labute approximate surface area is 178 Å². The summed E-state index contributed by atoms with van der Waals surface area (Å²) in [7, 11) is 0. The van der Waals surface area contributed by atoms with Crippen molar-refractivity contribution in [3.8, 4) is 6.07 Å². The molecule has 0 saturated heterocycles. The highest BCUT2D eigenvalue weighted by atomic mass is 79.9. The number of fused-ring (bicyclic) bond motifs is 1. The zero-order valence-electron chi connectivity index (χ0n) is 16.6. The first kappa shape index (κ1) is 20.8. The SMILES string of the molecule is CCOC(=O)c1cnc2c(CC)cc(C#N)cc2c1N[C@@H](C)c1ccc(Br)cc1. The molecule has 0 aliphatic rings.